The lowest BCUT2D eigenvalue weighted by Crippen LogP contribution is -2.54. The fraction of sp³-hybridized carbons (Fsp3) is 0.474. The van der Waals surface area contributed by atoms with Crippen LogP contribution in [0.5, 0.6) is 0 Å². The number of anilines is 1. The van der Waals surface area contributed by atoms with E-state index in [-0.39, 0.29) is 41.7 Å². The van der Waals surface area contributed by atoms with Crippen LogP contribution in [0.3, 0.4) is 0 Å². The second kappa shape index (κ2) is 6.31. The van der Waals surface area contributed by atoms with Crippen LogP contribution in [0.25, 0.3) is 0 Å². The first-order valence-corrected chi connectivity index (χ1v) is 9.59. The second-order valence-electron chi connectivity index (χ2n) is 7.93. The molecule has 3 unspecified atom stereocenters. The van der Waals surface area contributed by atoms with Crippen molar-refractivity contribution in [3.05, 3.63) is 28.8 Å². The van der Waals surface area contributed by atoms with E-state index in [0.29, 0.717) is 13.1 Å². The number of nitrogens with one attached hydrogen (secondary N) is 2. The van der Waals surface area contributed by atoms with Gasteiger partial charge in [0, 0.05) is 31.6 Å². The van der Waals surface area contributed by atoms with Crippen LogP contribution in [0, 0.1) is 11.6 Å². The molecule has 4 amide bonds. The van der Waals surface area contributed by atoms with Crippen molar-refractivity contribution in [3.63, 3.8) is 0 Å². The van der Waals surface area contributed by atoms with Crippen LogP contribution in [0.1, 0.15) is 46.4 Å². The molecular formula is C19H18F2N4O4. The van der Waals surface area contributed by atoms with Gasteiger partial charge in [0.05, 0.1) is 16.8 Å². The van der Waals surface area contributed by atoms with E-state index in [1.165, 1.54) is 0 Å². The number of nitrogens with zero attached hydrogens (tertiary/aromatic N) is 2. The quantitative estimate of drug-likeness (QED) is 0.689. The van der Waals surface area contributed by atoms with E-state index >= 15 is 0 Å². The summed E-state index contributed by atoms with van der Waals surface area (Å²) in [4.78, 5) is 52.0. The largest absolute Gasteiger partial charge is 0.365 e. The highest BCUT2D eigenvalue weighted by atomic mass is 19.2. The van der Waals surface area contributed by atoms with Crippen molar-refractivity contribution in [2.24, 2.45) is 0 Å². The summed E-state index contributed by atoms with van der Waals surface area (Å²) in [5.74, 6) is -5.32. The topological polar surface area (TPSA) is 98.8 Å². The Hall–Kier alpha value is -2.88. The minimum atomic E-state index is -1.21. The molecule has 1 aromatic carbocycles. The van der Waals surface area contributed by atoms with Gasteiger partial charge in [0.1, 0.15) is 6.04 Å². The maximum atomic E-state index is 14.9. The Morgan fingerprint density at radius 3 is 2.31 bits per heavy atom. The Morgan fingerprint density at radius 1 is 0.966 bits per heavy atom. The third-order valence-electron chi connectivity index (χ3n) is 6.13. The van der Waals surface area contributed by atoms with Crippen LogP contribution in [-0.4, -0.2) is 59.7 Å². The van der Waals surface area contributed by atoms with E-state index < -0.39 is 41.3 Å². The average molecular weight is 404 g/mol. The first kappa shape index (κ1) is 18.2. The molecule has 8 nitrogen and oxygen atoms in total. The second-order valence-corrected chi connectivity index (χ2v) is 7.93. The standard InChI is InChI=1S/C19H18F2N4O4/c20-11-5-10-14(16(15(11)21)24-6-8-1-2-9(7-24)22-8)19(29)25(18(10)28)12-3-4-13(26)23-17(12)27/h5,8-9,12,22H,1-4,6-7H2,(H,23,26,27). The molecule has 4 heterocycles. The van der Waals surface area contributed by atoms with E-state index in [2.05, 4.69) is 10.6 Å². The van der Waals surface area contributed by atoms with E-state index in [0.717, 1.165) is 23.8 Å². The summed E-state index contributed by atoms with van der Waals surface area (Å²) in [7, 11) is 0. The zero-order chi connectivity index (χ0) is 20.4. The number of benzene rings is 1. The SMILES string of the molecule is O=C1CCC(N2C(=O)c3cc(F)c(F)c(N4CC5CCC(C4)N5)c3C2=O)C(=O)N1. The molecule has 4 aliphatic rings. The summed E-state index contributed by atoms with van der Waals surface area (Å²) in [5.41, 5.74) is -0.675. The van der Waals surface area contributed by atoms with Crippen LogP contribution < -0.4 is 15.5 Å². The van der Waals surface area contributed by atoms with Crippen molar-refractivity contribution in [1.29, 1.82) is 0 Å². The molecule has 0 aliphatic carbocycles. The summed E-state index contributed by atoms with van der Waals surface area (Å²) in [6.07, 6.45) is 1.75. The summed E-state index contributed by atoms with van der Waals surface area (Å²) in [5, 5.41) is 5.48. The summed E-state index contributed by atoms with van der Waals surface area (Å²) >= 11 is 0. The smallest absolute Gasteiger partial charge is 0.264 e. The number of hydrogen-bond donors (Lipinski definition) is 2. The maximum absolute atomic E-state index is 14.9. The predicted molar refractivity (Wildman–Crippen MR) is 95.2 cm³/mol. The van der Waals surface area contributed by atoms with Gasteiger partial charge in [0.2, 0.25) is 11.8 Å². The van der Waals surface area contributed by atoms with Gasteiger partial charge < -0.3 is 10.2 Å². The van der Waals surface area contributed by atoms with Crippen LogP contribution >= 0.6 is 0 Å². The van der Waals surface area contributed by atoms with Crippen LogP contribution in [0.4, 0.5) is 14.5 Å². The number of fused-ring (bicyclic) bond motifs is 3. The van der Waals surface area contributed by atoms with Crippen molar-refractivity contribution < 1.29 is 28.0 Å². The molecule has 3 atom stereocenters. The molecule has 0 radical (unpaired) electrons. The number of rotatable bonds is 2. The number of hydrogen-bond acceptors (Lipinski definition) is 6. The Kier molecular flexibility index (Phi) is 3.95. The van der Waals surface area contributed by atoms with E-state index in [4.69, 9.17) is 0 Å². The molecular weight excluding hydrogens is 386 g/mol. The van der Waals surface area contributed by atoms with E-state index in [1.807, 2.05) is 0 Å². The third-order valence-corrected chi connectivity index (χ3v) is 6.13. The molecule has 0 aromatic heterocycles. The minimum Gasteiger partial charge on any atom is -0.365 e. The zero-order valence-electron chi connectivity index (χ0n) is 15.3. The van der Waals surface area contributed by atoms with Crippen LogP contribution in [0.2, 0.25) is 0 Å². The molecule has 2 N–H and O–H groups in total. The molecule has 2 bridgehead atoms. The molecule has 0 saturated carbocycles. The van der Waals surface area contributed by atoms with Crippen LogP contribution in [0.15, 0.2) is 6.07 Å². The molecule has 29 heavy (non-hydrogen) atoms. The van der Waals surface area contributed by atoms with Gasteiger partial charge in [-0.3, -0.25) is 29.4 Å². The number of imide groups is 2. The van der Waals surface area contributed by atoms with Crippen molar-refractivity contribution in [1.82, 2.24) is 15.5 Å². The number of halogens is 2. The lowest BCUT2D eigenvalue weighted by molar-refractivity contribution is -0.136. The maximum Gasteiger partial charge on any atom is 0.264 e. The van der Waals surface area contributed by atoms with Gasteiger partial charge in [-0.1, -0.05) is 0 Å². The summed E-state index contributed by atoms with van der Waals surface area (Å²) in [6.45, 7) is 0.784. The van der Waals surface area contributed by atoms with Gasteiger partial charge in [-0.2, -0.15) is 0 Å². The van der Waals surface area contributed by atoms with Gasteiger partial charge in [-0.25, -0.2) is 8.78 Å². The zero-order valence-corrected chi connectivity index (χ0v) is 15.3. The minimum absolute atomic E-state index is 0.0196. The Balaban J connectivity index is 1.57. The first-order valence-electron chi connectivity index (χ1n) is 9.59. The van der Waals surface area contributed by atoms with Gasteiger partial charge in [-0.15, -0.1) is 0 Å². The Bertz CT molecular complexity index is 969. The molecule has 5 rings (SSSR count). The van der Waals surface area contributed by atoms with Gasteiger partial charge in [0.15, 0.2) is 11.6 Å². The molecule has 3 saturated heterocycles. The summed E-state index contributed by atoms with van der Waals surface area (Å²) < 4.78 is 29.2. The predicted octanol–water partition coefficient (Wildman–Crippen LogP) is 0.307. The number of carbonyl (C=O) groups excluding carboxylic acids is 4. The fourth-order valence-electron chi connectivity index (χ4n) is 4.83. The van der Waals surface area contributed by atoms with Gasteiger partial charge in [-0.05, 0) is 25.3 Å². The third kappa shape index (κ3) is 2.65. The number of carbonyl (C=O) groups is 4. The highest BCUT2D eigenvalue weighted by molar-refractivity contribution is 6.25. The normalized spacial score (nSPS) is 28.8. The van der Waals surface area contributed by atoms with Crippen molar-refractivity contribution in [2.75, 3.05) is 18.0 Å². The molecule has 4 aliphatic heterocycles. The number of amides is 4. The molecule has 0 spiro atoms. The average Bonchev–Trinajstić information content (AvgIpc) is 3.13. The monoisotopic (exact) mass is 404 g/mol. The van der Waals surface area contributed by atoms with Crippen molar-refractivity contribution in [3.8, 4) is 0 Å². The van der Waals surface area contributed by atoms with Gasteiger partial charge >= 0.3 is 0 Å². The van der Waals surface area contributed by atoms with Gasteiger partial charge in [0.25, 0.3) is 11.8 Å². The first-order chi connectivity index (χ1) is 13.8. The van der Waals surface area contributed by atoms with Crippen molar-refractivity contribution in [2.45, 2.75) is 43.8 Å². The van der Waals surface area contributed by atoms with Crippen LogP contribution in [-0.2, 0) is 9.59 Å². The lowest BCUT2D eigenvalue weighted by atomic mass is 10.0. The van der Waals surface area contributed by atoms with E-state index in [9.17, 15) is 28.0 Å². The highest BCUT2D eigenvalue weighted by Crippen LogP contribution is 2.39. The molecule has 10 heteroatoms. The lowest BCUT2D eigenvalue weighted by Gasteiger charge is -2.35. The van der Waals surface area contributed by atoms with Crippen molar-refractivity contribution >= 4 is 29.3 Å². The Labute approximate surface area is 164 Å². The Morgan fingerprint density at radius 2 is 1.66 bits per heavy atom. The number of piperidine rings is 1. The fourth-order valence-corrected chi connectivity index (χ4v) is 4.83. The summed E-state index contributed by atoms with van der Waals surface area (Å²) in [6, 6.07) is -0.258. The molecule has 1 aromatic rings. The molecule has 3 fully saturated rings. The van der Waals surface area contributed by atoms with E-state index in [1.54, 1.807) is 4.90 Å². The molecule has 152 valence electrons. The highest BCUT2D eigenvalue weighted by Gasteiger charge is 2.48. The number of piperazine rings is 1.